The molecule has 9 heteroatoms. The number of aryl methyl sites for hydroxylation is 1. The van der Waals surface area contributed by atoms with Crippen LogP contribution in [0.4, 0.5) is 9.80 Å². The third-order valence-electron chi connectivity index (χ3n) is 4.98. The van der Waals surface area contributed by atoms with E-state index in [-0.39, 0.29) is 28.5 Å². The zero-order valence-electron chi connectivity index (χ0n) is 18.8. The average Bonchev–Trinajstić information content (AvgIpc) is 3.16. The monoisotopic (exact) mass is 476 g/mol. The molecule has 1 atom stereocenters. The SMILES string of the molecule is CCOC(=O)[C@H](Cc1ccccc1)NC(=O)NC(=O)c1sc(N)c(C#N)c1-c1ccc(C)cc1. The van der Waals surface area contributed by atoms with Gasteiger partial charge in [0.05, 0.1) is 12.2 Å². The first-order chi connectivity index (χ1) is 16.3. The lowest BCUT2D eigenvalue weighted by Gasteiger charge is -2.17. The fraction of sp³-hybridized carbons (Fsp3) is 0.200. The van der Waals surface area contributed by atoms with E-state index in [4.69, 9.17) is 10.5 Å². The molecule has 0 aliphatic carbocycles. The lowest BCUT2D eigenvalue weighted by atomic mass is 10.0. The van der Waals surface area contributed by atoms with Crippen LogP contribution in [-0.4, -0.2) is 30.6 Å². The van der Waals surface area contributed by atoms with Crippen LogP contribution in [0, 0.1) is 18.3 Å². The first-order valence-electron chi connectivity index (χ1n) is 10.6. The van der Waals surface area contributed by atoms with Crippen LogP contribution in [-0.2, 0) is 16.0 Å². The Balaban J connectivity index is 1.81. The van der Waals surface area contributed by atoms with E-state index < -0.39 is 23.9 Å². The average molecular weight is 477 g/mol. The summed E-state index contributed by atoms with van der Waals surface area (Å²) in [5.41, 5.74) is 8.98. The highest BCUT2D eigenvalue weighted by Gasteiger charge is 2.27. The van der Waals surface area contributed by atoms with E-state index in [0.29, 0.717) is 11.1 Å². The van der Waals surface area contributed by atoms with Gasteiger partial charge < -0.3 is 15.8 Å². The number of ether oxygens (including phenoxy) is 1. The Bertz CT molecular complexity index is 1230. The third kappa shape index (κ3) is 5.79. The van der Waals surface area contributed by atoms with E-state index >= 15 is 0 Å². The molecule has 1 heterocycles. The molecule has 0 saturated carbocycles. The quantitative estimate of drug-likeness (QED) is 0.444. The van der Waals surface area contributed by atoms with Crippen LogP contribution in [0.5, 0.6) is 0 Å². The van der Waals surface area contributed by atoms with Crippen LogP contribution < -0.4 is 16.4 Å². The molecule has 2 aromatic carbocycles. The Hall–Kier alpha value is -4.16. The number of carbonyl (C=O) groups is 3. The van der Waals surface area contributed by atoms with Crippen molar-refractivity contribution in [2.45, 2.75) is 26.3 Å². The second-order valence-corrected chi connectivity index (χ2v) is 8.50. The Morgan fingerprint density at radius 3 is 2.41 bits per heavy atom. The standard InChI is InChI=1S/C25H24N4O4S/c1-3-33-24(31)19(13-16-7-5-4-6-8-16)28-25(32)29-23(30)21-20(18(14-26)22(27)34-21)17-11-9-15(2)10-12-17/h4-12,19H,3,13,27H2,1-2H3,(H2,28,29,30,32)/t19-/m0/s1. The van der Waals surface area contributed by atoms with Gasteiger partial charge in [-0.25, -0.2) is 9.59 Å². The number of nitriles is 1. The number of carbonyl (C=O) groups excluding carboxylic acids is 3. The van der Waals surface area contributed by atoms with Crippen molar-refractivity contribution in [2.75, 3.05) is 12.3 Å². The fourth-order valence-corrected chi connectivity index (χ4v) is 4.29. The maximum Gasteiger partial charge on any atom is 0.329 e. The van der Waals surface area contributed by atoms with E-state index in [1.165, 1.54) is 0 Å². The summed E-state index contributed by atoms with van der Waals surface area (Å²) in [4.78, 5) is 38.2. The summed E-state index contributed by atoms with van der Waals surface area (Å²) in [5, 5.41) is 14.5. The Kier molecular flexibility index (Phi) is 8.01. The number of nitrogen functional groups attached to an aromatic ring is 1. The minimum atomic E-state index is -0.991. The molecule has 0 spiro atoms. The summed E-state index contributed by atoms with van der Waals surface area (Å²) < 4.78 is 5.07. The topological polar surface area (TPSA) is 134 Å². The van der Waals surface area contributed by atoms with Crippen molar-refractivity contribution in [1.82, 2.24) is 10.6 Å². The maximum atomic E-state index is 13.0. The number of nitrogens with two attached hydrogens (primary N) is 1. The van der Waals surface area contributed by atoms with Crippen LogP contribution in [0.15, 0.2) is 54.6 Å². The maximum absolute atomic E-state index is 13.0. The van der Waals surface area contributed by atoms with E-state index in [1.54, 1.807) is 19.1 Å². The largest absolute Gasteiger partial charge is 0.464 e. The van der Waals surface area contributed by atoms with Gasteiger partial charge in [0.2, 0.25) is 0 Å². The highest BCUT2D eigenvalue weighted by Crippen LogP contribution is 2.38. The molecule has 0 fully saturated rings. The Morgan fingerprint density at radius 2 is 1.79 bits per heavy atom. The number of hydrogen-bond acceptors (Lipinski definition) is 7. The fourth-order valence-electron chi connectivity index (χ4n) is 3.36. The number of amides is 3. The Labute approximate surface area is 201 Å². The number of esters is 1. The molecule has 0 radical (unpaired) electrons. The van der Waals surface area contributed by atoms with Crippen LogP contribution in [0.3, 0.4) is 0 Å². The smallest absolute Gasteiger partial charge is 0.329 e. The molecule has 3 amide bonds. The molecule has 8 nitrogen and oxygen atoms in total. The van der Waals surface area contributed by atoms with Crippen LogP contribution in [0.2, 0.25) is 0 Å². The minimum absolute atomic E-state index is 0.129. The highest BCUT2D eigenvalue weighted by atomic mass is 32.1. The van der Waals surface area contributed by atoms with Crippen molar-refractivity contribution in [2.24, 2.45) is 0 Å². The molecule has 3 rings (SSSR count). The number of benzene rings is 2. The zero-order valence-corrected chi connectivity index (χ0v) is 19.6. The summed E-state index contributed by atoms with van der Waals surface area (Å²) in [6.45, 7) is 3.74. The van der Waals surface area contributed by atoms with Gasteiger partial charge >= 0.3 is 12.0 Å². The van der Waals surface area contributed by atoms with Gasteiger partial charge in [-0.3, -0.25) is 10.1 Å². The minimum Gasteiger partial charge on any atom is -0.464 e. The zero-order chi connectivity index (χ0) is 24.7. The van der Waals surface area contributed by atoms with Gasteiger partial charge in [0.15, 0.2) is 0 Å². The van der Waals surface area contributed by atoms with Gasteiger partial charge in [0.1, 0.15) is 22.0 Å². The number of nitrogens with one attached hydrogen (secondary N) is 2. The lowest BCUT2D eigenvalue weighted by Crippen LogP contribution is -2.49. The molecule has 34 heavy (non-hydrogen) atoms. The van der Waals surface area contributed by atoms with E-state index in [0.717, 1.165) is 22.5 Å². The number of imide groups is 1. The van der Waals surface area contributed by atoms with E-state index in [2.05, 4.69) is 10.6 Å². The number of nitrogens with zero attached hydrogens (tertiary/aromatic N) is 1. The highest BCUT2D eigenvalue weighted by molar-refractivity contribution is 7.18. The van der Waals surface area contributed by atoms with Crippen molar-refractivity contribution < 1.29 is 19.1 Å². The van der Waals surface area contributed by atoms with Crippen molar-refractivity contribution in [3.63, 3.8) is 0 Å². The van der Waals surface area contributed by atoms with Gasteiger partial charge in [-0.15, -0.1) is 11.3 Å². The molecule has 174 valence electrons. The number of thiophene rings is 1. The predicted octanol–water partition coefficient (Wildman–Crippen LogP) is 3.79. The predicted molar refractivity (Wildman–Crippen MR) is 130 cm³/mol. The first-order valence-corrected chi connectivity index (χ1v) is 11.4. The number of hydrogen-bond donors (Lipinski definition) is 3. The van der Waals surface area contributed by atoms with Crippen LogP contribution in [0.1, 0.15) is 33.3 Å². The molecule has 1 aromatic heterocycles. The molecular formula is C25H24N4O4S. The molecular weight excluding hydrogens is 452 g/mol. The van der Waals surface area contributed by atoms with Crippen LogP contribution in [0.25, 0.3) is 11.1 Å². The summed E-state index contributed by atoms with van der Waals surface area (Å²) in [5.74, 6) is -1.34. The number of rotatable bonds is 7. The molecule has 0 aliphatic heterocycles. The molecule has 0 bridgehead atoms. The van der Waals surface area contributed by atoms with Gasteiger partial charge in [0.25, 0.3) is 5.91 Å². The molecule has 0 saturated heterocycles. The van der Waals surface area contributed by atoms with Crippen molar-refractivity contribution >= 4 is 34.2 Å². The second kappa shape index (κ2) is 11.1. The number of anilines is 1. The summed E-state index contributed by atoms with van der Waals surface area (Å²) in [6, 6.07) is 16.6. The molecule has 4 N–H and O–H groups in total. The van der Waals surface area contributed by atoms with Gasteiger partial charge in [-0.1, -0.05) is 60.2 Å². The Morgan fingerprint density at radius 1 is 1.12 bits per heavy atom. The molecule has 3 aromatic rings. The molecule has 0 aliphatic rings. The van der Waals surface area contributed by atoms with Gasteiger partial charge in [-0.2, -0.15) is 5.26 Å². The summed E-state index contributed by atoms with van der Waals surface area (Å²) in [6.07, 6.45) is 0.195. The van der Waals surface area contributed by atoms with E-state index in [9.17, 15) is 19.6 Å². The van der Waals surface area contributed by atoms with Gasteiger partial charge in [-0.05, 0) is 25.0 Å². The third-order valence-corrected chi connectivity index (χ3v) is 6.00. The second-order valence-electron chi connectivity index (χ2n) is 7.45. The summed E-state index contributed by atoms with van der Waals surface area (Å²) >= 11 is 0.922. The molecule has 0 unspecified atom stereocenters. The normalized spacial score (nSPS) is 11.2. The van der Waals surface area contributed by atoms with Crippen molar-refractivity contribution in [3.05, 3.63) is 76.2 Å². The summed E-state index contributed by atoms with van der Waals surface area (Å²) in [7, 11) is 0. The van der Waals surface area contributed by atoms with Gasteiger partial charge in [0, 0.05) is 12.0 Å². The van der Waals surface area contributed by atoms with E-state index in [1.807, 2.05) is 55.5 Å². The van der Waals surface area contributed by atoms with Crippen molar-refractivity contribution in [3.8, 4) is 17.2 Å². The number of urea groups is 1. The van der Waals surface area contributed by atoms with Crippen LogP contribution >= 0.6 is 11.3 Å². The van der Waals surface area contributed by atoms with Crippen molar-refractivity contribution in [1.29, 1.82) is 5.26 Å². The lowest BCUT2D eigenvalue weighted by molar-refractivity contribution is -0.145. The first kappa shape index (κ1) is 24.5.